The molecule has 1 N–H and O–H groups in total. The number of aliphatic hydroxyl groups is 1. The van der Waals surface area contributed by atoms with Gasteiger partial charge in [-0.25, -0.2) is 0 Å². The molecule has 106 valence electrons. The van der Waals surface area contributed by atoms with E-state index in [2.05, 4.69) is 17.9 Å². The largest absolute Gasteiger partial charge is 0.493 e. The smallest absolute Gasteiger partial charge is 0.161 e. The number of β-amino-alcohol motifs (C(OH)–C–C–N with tert-alkyl or cyclic N) is 1. The first-order valence-electron chi connectivity index (χ1n) is 6.93. The zero-order chi connectivity index (χ0) is 13.7. The Balaban J connectivity index is 2.01. The maximum absolute atomic E-state index is 9.53. The first kappa shape index (κ1) is 14.2. The van der Waals surface area contributed by atoms with Gasteiger partial charge >= 0.3 is 0 Å². The molecule has 1 saturated heterocycles. The minimum Gasteiger partial charge on any atom is -0.493 e. The van der Waals surface area contributed by atoms with Gasteiger partial charge in [-0.2, -0.15) is 0 Å². The van der Waals surface area contributed by atoms with Gasteiger partial charge in [0.15, 0.2) is 11.5 Å². The van der Waals surface area contributed by atoms with Crippen molar-refractivity contribution in [2.45, 2.75) is 32.4 Å². The predicted octanol–water partition coefficient (Wildman–Crippen LogP) is 2.05. The Labute approximate surface area is 114 Å². The third-order valence-corrected chi connectivity index (χ3v) is 3.34. The fourth-order valence-electron chi connectivity index (χ4n) is 2.36. The van der Waals surface area contributed by atoms with E-state index in [4.69, 9.17) is 9.47 Å². The van der Waals surface area contributed by atoms with Crippen LogP contribution in [0.3, 0.4) is 0 Å². The number of ether oxygens (including phenoxy) is 2. The van der Waals surface area contributed by atoms with E-state index in [9.17, 15) is 5.11 Å². The monoisotopic (exact) mass is 265 g/mol. The van der Waals surface area contributed by atoms with Crippen LogP contribution in [0.15, 0.2) is 18.2 Å². The number of likely N-dealkylation sites (tertiary alicyclic amines) is 1. The topological polar surface area (TPSA) is 41.9 Å². The average molecular weight is 265 g/mol. The highest BCUT2D eigenvalue weighted by Crippen LogP contribution is 2.29. The van der Waals surface area contributed by atoms with Crippen LogP contribution in [0.2, 0.25) is 0 Å². The summed E-state index contributed by atoms with van der Waals surface area (Å²) in [7, 11) is 1.66. The summed E-state index contributed by atoms with van der Waals surface area (Å²) in [6.07, 6.45) is 1.68. The Kier molecular flexibility index (Phi) is 5.05. The quantitative estimate of drug-likeness (QED) is 0.855. The zero-order valence-electron chi connectivity index (χ0n) is 11.8. The number of aliphatic hydroxyl groups excluding tert-OH is 1. The molecule has 4 heteroatoms. The van der Waals surface area contributed by atoms with E-state index in [1.165, 1.54) is 5.56 Å². The van der Waals surface area contributed by atoms with Gasteiger partial charge in [0.05, 0.1) is 19.8 Å². The molecule has 0 spiro atoms. The molecule has 0 saturated carbocycles. The van der Waals surface area contributed by atoms with Gasteiger partial charge in [0, 0.05) is 19.6 Å². The first-order valence-corrected chi connectivity index (χ1v) is 6.93. The molecule has 4 nitrogen and oxygen atoms in total. The SMILES string of the molecule is CCCOc1ccc(CN2CC[C@H](O)C2)cc1OC. The second kappa shape index (κ2) is 6.78. The molecule has 1 aromatic carbocycles. The average Bonchev–Trinajstić information content (AvgIpc) is 2.82. The van der Waals surface area contributed by atoms with Gasteiger partial charge in [0.1, 0.15) is 0 Å². The van der Waals surface area contributed by atoms with Gasteiger partial charge in [0.25, 0.3) is 0 Å². The third-order valence-electron chi connectivity index (χ3n) is 3.34. The number of hydrogen-bond acceptors (Lipinski definition) is 4. The van der Waals surface area contributed by atoms with E-state index >= 15 is 0 Å². The molecular weight excluding hydrogens is 242 g/mol. The second-order valence-electron chi connectivity index (χ2n) is 5.01. The highest BCUT2D eigenvalue weighted by atomic mass is 16.5. The van der Waals surface area contributed by atoms with Crippen LogP contribution >= 0.6 is 0 Å². The van der Waals surface area contributed by atoms with Gasteiger partial charge in [0.2, 0.25) is 0 Å². The maximum Gasteiger partial charge on any atom is 0.161 e. The summed E-state index contributed by atoms with van der Waals surface area (Å²) in [5, 5.41) is 9.53. The number of benzene rings is 1. The molecule has 1 heterocycles. The van der Waals surface area contributed by atoms with Gasteiger partial charge in [-0.1, -0.05) is 13.0 Å². The highest BCUT2D eigenvalue weighted by Gasteiger charge is 2.20. The van der Waals surface area contributed by atoms with Crippen LogP contribution in [-0.2, 0) is 6.54 Å². The Morgan fingerprint density at radius 3 is 2.84 bits per heavy atom. The molecule has 1 aliphatic rings. The molecule has 0 unspecified atom stereocenters. The predicted molar refractivity (Wildman–Crippen MR) is 74.7 cm³/mol. The molecule has 0 aromatic heterocycles. The van der Waals surface area contributed by atoms with E-state index < -0.39 is 0 Å². The van der Waals surface area contributed by atoms with Crippen LogP contribution in [-0.4, -0.2) is 42.9 Å². The van der Waals surface area contributed by atoms with E-state index in [1.807, 2.05) is 12.1 Å². The number of nitrogens with zero attached hydrogens (tertiary/aromatic N) is 1. The molecule has 2 rings (SSSR count). The van der Waals surface area contributed by atoms with Crippen molar-refractivity contribution >= 4 is 0 Å². The summed E-state index contributed by atoms with van der Waals surface area (Å²) in [5.74, 6) is 1.58. The summed E-state index contributed by atoms with van der Waals surface area (Å²) < 4.78 is 11.0. The minimum atomic E-state index is -0.172. The Morgan fingerprint density at radius 2 is 2.21 bits per heavy atom. The van der Waals surface area contributed by atoms with Crippen molar-refractivity contribution < 1.29 is 14.6 Å². The van der Waals surface area contributed by atoms with E-state index in [-0.39, 0.29) is 6.10 Å². The standard InChI is InChI=1S/C15H23NO3/c1-3-8-19-14-5-4-12(9-15(14)18-2)10-16-7-6-13(17)11-16/h4-5,9,13,17H,3,6-8,10-11H2,1-2H3/t13-/m0/s1. The highest BCUT2D eigenvalue weighted by molar-refractivity contribution is 5.43. The normalized spacial score (nSPS) is 19.6. The molecule has 1 aliphatic heterocycles. The van der Waals surface area contributed by atoms with E-state index in [0.717, 1.165) is 44.0 Å². The third kappa shape index (κ3) is 3.85. The molecule has 1 atom stereocenters. The lowest BCUT2D eigenvalue weighted by Crippen LogP contribution is -2.21. The Morgan fingerprint density at radius 1 is 1.37 bits per heavy atom. The molecule has 0 bridgehead atoms. The zero-order valence-corrected chi connectivity index (χ0v) is 11.8. The van der Waals surface area contributed by atoms with Crippen molar-refractivity contribution in [3.63, 3.8) is 0 Å². The number of rotatable bonds is 6. The van der Waals surface area contributed by atoms with Crippen LogP contribution in [0.25, 0.3) is 0 Å². The van der Waals surface area contributed by atoms with Crippen molar-refractivity contribution in [1.29, 1.82) is 0 Å². The molecule has 0 aliphatic carbocycles. The summed E-state index contributed by atoms with van der Waals surface area (Å²) in [4.78, 5) is 2.26. The fourth-order valence-corrected chi connectivity index (χ4v) is 2.36. The molecular formula is C15H23NO3. The molecule has 19 heavy (non-hydrogen) atoms. The Hall–Kier alpha value is -1.26. The lowest BCUT2D eigenvalue weighted by molar-refractivity contribution is 0.174. The second-order valence-corrected chi connectivity index (χ2v) is 5.01. The van der Waals surface area contributed by atoms with Crippen molar-refractivity contribution in [3.05, 3.63) is 23.8 Å². The molecule has 1 aromatic rings. The van der Waals surface area contributed by atoms with E-state index in [1.54, 1.807) is 7.11 Å². The molecule has 0 radical (unpaired) electrons. The van der Waals surface area contributed by atoms with E-state index in [0.29, 0.717) is 6.61 Å². The van der Waals surface area contributed by atoms with Gasteiger partial charge in [-0.05, 0) is 30.5 Å². The van der Waals surface area contributed by atoms with Crippen molar-refractivity contribution in [2.75, 3.05) is 26.8 Å². The molecule has 1 fully saturated rings. The van der Waals surface area contributed by atoms with Crippen LogP contribution < -0.4 is 9.47 Å². The van der Waals surface area contributed by atoms with Crippen LogP contribution in [0.4, 0.5) is 0 Å². The van der Waals surface area contributed by atoms with Crippen LogP contribution in [0.5, 0.6) is 11.5 Å². The first-order chi connectivity index (χ1) is 9.22. The van der Waals surface area contributed by atoms with Gasteiger partial charge in [-0.3, -0.25) is 4.90 Å². The lowest BCUT2D eigenvalue weighted by Gasteiger charge is -2.16. The summed E-state index contributed by atoms with van der Waals surface area (Å²) in [5.41, 5.74) is 1.19. The Bertz CT molecular complexity index is 408. The number of methoxy groups -OCH3 is 1. The van der Waals surface area contributed by atoms with Gasteiger partial charge in [-0.15, -0.1) is 0 Å². The van der Waals surface area contributed by atoms with Crippen molar-refractivity contribution in [2.24, 2.45) is 0 Å². The summed E-state index contributed by atoms with van der Waals surface area (Å²) in [6.45, 7) is 5.35. The maximum atomic E-state index is 9.53. The minimum absolute atomic E-state index is 0.172. The van der Waals surface area contributed by atoms with Crippen molar-refractivity contribution in [3.8, 4) is 11.5 Å². The summed E-state index contributed by atoms with van der Waals surface area (Å²) in [6, 6.07) is 6.06. The number of hydrogen-bond donors (Lipinski definition) is 1. The van der Waals surface area contributed by atoms with Crippen molar-refractivity contribution in [1.82, 2.24) is 4.90 Å². The van der Waals surface area contributed by atoms with Gasteiger partial charge < -0.3 is 14.6 Å². The molecule has 0 amide bonds. The van der Waals surface area contributed by atoms with Crippen LogP contribution in [0, 0.1) is 0 Å². The summed E-state index contributed by atoms with van der Waals surface area (Å²) >= 11 is 0. The fraction of sp³-hybridized carbons (Fsp3) is 0.600. The lowest BCUT2D eigenvalue weighted by atomic mass is 10.2. The van der Waals surface area contributed by atoms with Crippen LogP contribution in [0.1, 0.15) is 25.3 Å².